The lowest BCUT2D eigenvalue weighted by molar-refractivity contribution is -0.116. The van der Waals surface area contributed by atoms with Gasteiger partial charge in [-0.15, -0.1) is 0 Å². The zero-order valence-electron chi connectivity index (χ0n) is 8.69. The van der Waals surface area contributed by atoms with Crippen molar-refractivity contribution < 1.29 is 4.79 Å². The van der Waals surface area contributed by atoms with Crippen molar-refractivity contribution in [3.63, 3.8) is 0 Å². The van der Waals surface area contributed by atoms with Crippen LogP contribution in [0.4, 0.5) is 5.82 Å². The predicted octanol–water partition coefficient (Wildman–Crippen LogP) is 0.453. The molecular weight excluding hydrogens is 192 g/mol. The number of hydrogen-bond donors (Lipinski definition) is 1. The van der Waals surface area contributed by atoms with Crippen LogP contribution >= 0.6 is 0 Å². The number of carbonyl (C=O) groups is 1. The number of carbonyl (C=O) groups excluding carboxylic acids is 1. The van der Waals surface area contributed by atoms with Gasteiger partial charge >= 0.3 is 0 Å². The van der Waals surface area contributed by atoms with Gasteiger partial charge in [0.25, 0.3) is 0 Å². The average molecular weight is 204 g/mol. The standard InChI is InChI=1S/C10H12N4O/c1-14(2)7-10(15)13-9-4-3-8(5-11)6-12-9/h3-4,6H,7H2,1-2H3,(H,12,13,15). The van der Waals surface area contributed by atoms with E-state index in [-0.39, 0.29) is 5.91 Å². The van der Waals surface area contributed by atoms with E-state index in [9.17, 15) is 4.79 Å². The van der Waals surface area contributed by atoms with Crippen LogP contribution in [-0.2, 0) is 4.79 Å². The van der Waals surface area contributed by atoms with Crippen molar-refractivity contribution in [1.29, 1.82) is 5.26 Å². The first-order valence-electron chi connectivity index (χ1n) is 4.42. The smallest absolute Gasteiger partial charge is 0.239 e. The Morgan fingerprint density at radius 2 is 2.33 bits per heavy atom. The number of hydrogen-bond acceptors (Lipinski definition) is 4. The van der Waals surface area contributed by atoms with E-state index < -0.39 is 0 Å². The average Bonchev–Trinajstić information content (AvgIpc) is 2.17. The van der Waals surface area contributed by atoms with Crippen LogP contribution in [0.2, 0.25) is 0 Å². The number of likely N-dealkylation sites (N-methyl/N-ethyl adjacent to an activating group) is 1. The van der Waals surface area contributed by atoms with Crippen LogP contribution in [0.5, 0.6) is 0 Å². The quantitative estimate of drug-likeness (QED) is 0.776. The summed E-state index contributed by atoms with van der Waals surface area (Å²) >= 11 is 0. The lowest BCUT2D eigenvalue weighted by Crippen LogP contribution is -2.27. The number of nitrogens with zero attached hydrogens (tertiary/aromatic N) is 3. The molecule has 1 N–H and O–H groups in total. The summed E-state index contributed by atoms with van der Waals surface area (Å²) in [4.78, 5) is 17.0. The molecule has 0 bridgehead atoms. The molecule has 78 valence electrons. The highest BCUT2D eigenvalue weighted by Gasteiger charge is 2.03. The molecule has 0 saturated carbocycles. The van der Waals surface area contributed by atoms with E-state index in [1.165, 1.54) is 6.20 Å². The van der Waals surface area contributed by atoms with Gasteiger partial charge in [0, 0.05) is 6.20 Å². The van der Waals surface area contributed by atoms with Crippen LogP contribution in [0.25, 0.3) is 0 Å². The second-order valence-electron chi connectivity index (χ2n) is 3.33. The second-order valence-corrected chi connectivity index (χ2v) is 3.33. The minimum absolute atomic E-state index is 0.128. The van der Waals surface area contributed by atoms with Gasteiger partial charge in [0.05, 0.1) is 12.1 Å². The minimum Gasteiger partial charge on any atom is -0.310 e. The molecule has 0 unspecified atom stereocenters. The van der Waals surface area contributed by atoms with Gasteiger partial charge in [0.15, 0.2) is 0 Å². The highest BCUT2D eigenvalue weighted by atomic mass is 16.2. The van der Waals surface area contributed by atoms with Gasteiger partial charge < -0.3 is 10.2 Å². The van der Waals surface area contributed by atoms with E-state index in [1.54, 1.807) is 17.0 Å². The van der Waals surface area contributed by atoms with Gasteiger partial charge in [-0.25, -0.2) is 4.98 Å². The molecule has 0 saturated heterocycles. The largest absolute Gasteiger partial charge is 0.310 e. The van der Waals surface area contributed by atoms with Crippen molar-refractivity contribution in [1.82, 2.24) is 9.88 Å². The summed E-state index contributed by atoms with van der Waals surface area (Å²) in [7, 11) is 3.62. The first-order valence-corrected chi connectivity index (χ1v) is 4.42. The summed E-state index contributed by atoms with van der Waals surface area (Å²) in [6.45, 7) is 0.307. The van der Waals surface area contributed by atoms with E-state index in [1.807, 2.05) is 20.2 Å². The van der Waals surface area contributed by atoms with Gasteiger partial charge in [0.1, 0.15) is 11.9 Å². The number of nitrogens with one attached hydrogen (secondary N) is 1. The zero-order chi connectivity index (χ0) is 11.3. The first-order chi connectivity index (χ1) is 7.11. The van der Waals surface area contributed by atoms with E-state index in [2.05, 4.69) is 10.3 Å². The Morgan fingerprint density at radius 1 is 1.60 bits per heavy atom. The van der Waals surface area contributed by atoms with Crippen LogP contribution in [0.1, 0.15) is 5.56 Å². The first kappa shape index (κ1) is 11.1. The maximum absolute atomic E-state index is 11.3. The lowest BCUT2D eigenvalue weighted by Gasteiger charge is -2.09. The van der Waals surface area contributed by atoms with Gasteiger partial charge in [0.2, 0.25) is 5.91 Å². The summed E-state index contributed by atoms with van der Waals surface area (Å²) in [5.74, 6) is 0.332. The summed E-state index contributed by atoms with van der Waals surface area (Å²) in [5.41, 5.74) is 0.473. The van der Waals surface area contributed by atoms with Gasteiger partial charge in [-0.2, -0.15) is 5.26 Å². The summed E-state index contributed by atoms with van der Waals surface area (Å²) in [5, 5.41) is 11.2. The molecule has 0 aromatic carbocycles. The molecule has 1 heterocycles. The molecule has 5 heteroatoms. The molecule has 0 atom stereocenters. The third kappa shape index (κ3) is 3.75. The number of nitriles is 1. The van der Waals surface area contributed by atoms with Crippen molar-refractivity contribution in [3.05, 3.63) is 23.9 Å². The molecule has 0 aliphatic carbocycles. The van der Waals surface area contributed by atoms with Gasteiger partial charge in [-0.1, -0.05) is 0 Å². The number of pyridine rings is 1. The monoisotopic (exact) mass is 204 g/mol. The van der Waals surface area contributed by atoms with Gasteiger partial charge in [-0.3, -0.25) is 4.79 Å². The molecular formula is C10H12N4O. The van der Waals surface area contributed by atoms with E-state index in [4.69, 9.17) is 5.26 Å². The Morgan fingerprint density at radius 3 is 2.80 bits per heavy atom. The summed E-state index contributed by atoms with van der Waals surface area (Å²) in [6, 6.07) is 5.17. The molecule has 0 aliphatic rings. The van der Waals surface area contributed by atoms with Crippen molar-refractivity contribution in [2.24, 2.45) is 0 Å². The van der Waals surface area contributed by atoms with E-state index in [0.29, 0.717) is 17.9 Å². The fourth-order valence-electron chi connectivity index (χ4n) is 1.00. The fourth-order valence-corrected chi connectivity index (χ4v) is 1.00. The third-order valence-electron chi connectivity index (χ3n) is 1.62. The topological polar surface area (TPSA) is 69.0 Å². The molecule has 1 rings (SSSR count). The fraction of sp³-hybridized carbons (Fsp3) is 0.300. The van der Waals surface area contributed by atoms with Crippen LogP contribution in [0, 0.1) is 11.3 Å². The molecule has 0 spiro atoms. The van der Waals surface area contributed by atoms with Crippen molar-refractivity contribution >= 4 is 11.7 Å². The molecule has 1 aromatic rings. The molecule has 0 aliphatic heterocycles. The molecule has 1 aromatic heterocycles. The van der Waals surface area contributed by atoms with Crippen LogP contribution < -0.4 is 5.32 Å². The Kier molecular flexibility index (Phi) is 3.77. The summed E-state index contributed by atoms with van der Waals surface area (Å²) < 4.78 is 0. The molecule has 5 nitrogen and oxygen atoms in total. The predicted molar refractivity (Wildman–Crippen MR) is 56.1 cm³/mol. The SMILES string of the molecule is CN(C)CC(=O)Nc1ccc(C#N)cn1. The number of rotatable bonds is 3. The van der Waals surface area contributed by atoms with E-state index in [0.717, 1.165) is 0 Å². The Hall–Kier alpha value is -1.93. The maximum atomic E-state index is 11.3. The van der Waals surface area contributed by atoms with Crippen molar-refractivity contribution in [3.8, 4) is 6.07 Å². The van der Waals surface area contributed by atoms with E-state index >= 15 is 0 Å². The normalized spacial score (nSPS) is 9.73. The highest BCUT2D eigenvalue weighted by molar-refractivity contribution is 5.91. The Bertz CT molecular complexity index is 377. The highest BCUT2D eigenvalue weighted by Crippen LogP contribution is 2.03. The maximum Gasteiger partial charge on any atom is 0.239 e. The summed E-state index contributed by atoms with van der Waals surface area (Å²) in [6.07, 6.45) is 1.42. The molecule has 0 fully saturated rings. The van der Waals surface area contributed by atoms with Crippen molar-refractivity contribution in [2.75, 3.05) is 26.0 Å². The van der Waals surface area contributed by atoms with Crippen LogP contribution in [-0.4, -0.2) is 36.4 Å². The molecule has 1 amide bonds. The second kappa shape index (κ2) is 5.08. The number of amides is 1. The number of anilines is 1. The number of aromatic nitrogens is 1. The zero-order valence-corrected chi connectivity index (χ0v) is 8.69. The molecule has 0 radical (unpaired) electrons. The Labute approximate surface area is 88.3 Å². The van der Waals surface area contributed by atoms with Gasteiger partial charge in [-0.05, 0) is 26.2 Å². The van der Waals surface area contributed by atoms with Crippen LogP contribution in [0.3, 0.4) is 0 Å². The Balaban J connectivity index is 2.58. The molecule has 15 heavy (non-hydrogen) atoms. The van der Waals surface area contributed by atoms with Crippen molar-refractivity contribution in [2.45, 2.75) is 0 Å². The minimum atomic E-state index is -0.128. The van der Waals surface area contributed by atoms with Crippen LogP contribution in [0.15, 0.2) is 18.3 Å². The lowest BCUT2D eigenvalue weighted by atomic mass is 10.3. The third-order valence-corrected chi connectivity index (χ3v) is 1.62.